The summed E-state index contributed by atoms with van der Waals surface area (Å²) < 4.78 is 31.3. The molecule has 0 saturated carbocycles. The van der Waals surface area contributed by atoms with Gasteiger partial charge in [-0.15, -0.1) is 0 Å². The fourth-order valence-electron chi connectivity index (χ4n) is 2.03. The second kappa shape index (κ2) is 7.21. The minimum atomic E-state index is -3.55. The van der Waals surface area contributed by atoms with Crippen molar-refractivity contribution in [2.24, 2.45) is 11.8 Å². The van der Waals surface area contributed by atoms with Gasteiger partial charge < -0.3 is 9.84 Å². The Labute approximate surface area is 114 Å². The zero-order valence-corrected chi connectivity index (χ0v) is 12.3. The molecule has 7 heteroatoms. The Bertz CT molecular complexity index is 389. The largest absolute Gasteiger partial charge is 0.480 e. The summed E-state index contributed by atoms with van der Waals surface area (Å²) in [6, 6.07) is -1.05. The molecule has 0 spiro atoms. The van der Waals surface area contributed by atoms with Crippen molar-refractivity contribution in [1.29, 1.82) is 0 Å². The number of hydrogen-bond acceptors (Lipinski definition) is 4. The maximum Gasteiger partial charge on any atom is 0.322 e. The number of carboxylic acid groups (broad SMARTS) is 1. The van der Waals surface area contributed by atoms with E-state index in [1.54, 1.807) is 6.92 Å². The predicted octanol–water partition coefficient (Wildman–Crippen LogP) is 0.832. The lowest BCUT2D eigenvalue weighted by Crippen LogP contribution is -2.45. The van der Waals surface area contributed by atoms with E-state index in [2.05, 4.69) is 4.72 Å². The SMILES string of the molecule is CC[C@H](C)[C@H](NS(=O)(=O)CCC1CCOC1)C(=O)O. The summed E-state index contributed by atoms with van der Waals surface area (Å²) in [7, 11) is -3.55. The maximum atomic E-state index is 11.9. The van der Waals surface area contributed by atoms with Crippen LogP contribution in [0.5, 0.6) is 0 Å². The summed E-state index contributed by atoms with van der Waals surface area (Å²) in [6.07, 6.45) is 2.00. The summed E-state index contributed by atoms with van der Waals surface area (Å²) in [5.41, 5.74) is 0. The monoisotopic (exact) mass is 293 g/mol. The summed E-state index contributed by atoms with van der Waals surface area (Å²) >= 11 is 0. The van der Waals surface area contributed by atoms with Crippen LogP contribution in [0.2, 0.25) is 0 Å². The lowest BCUT2D eigenvalue weighted by molar-refractivity contribution is -0.140. The molecule has 0 bridgehead atoms. The summed E-state index contributed by atoms with van der Waals surface area (Å²) in [4.78, 5) is 11.1. The number of ether oxygens (including phenoxy) is 1. The topological polar surface area (TPSA) is 92.7 Å². The van der Waals surface area contributed by atoms with Crippen molar-refractivity contribution in [3.8, 4) is 0 Å². The third-order valence-electron chi connectivity index (χ3n) is 3.60. The third kappa shape index (κ3) is 5.46. The van der Waals surface area contributed by atoms with Crippen LogP contribution in [0.15, 0.2) is 0 Å². The van der Waals surface area contributed by atoms with Gasteiger partial charge >= 0.3 is 5.97 Å². The zero-order chi connectivity index (χ0) is 14.5. The molecule has 0 aliphatic carbocycles. The quantitative estimate of drug-likeness (QED) is 0.691. The summed E-state index contributed by atoms with van der Waals surface area (Å²) in [5.74, 6) is -1.13. The van der Waals surface area contributed by atoms with E-state index in [1.165, 1.54) is 0 Å². The van der Waals surface area contributed by atoms with E-state index in [9.17, 15) is 13.2 Å². The Kier molecular flexibility index (Phi) is 6.22. The molecule has 0 amide bonds. The average molecular weight is 293 g/mol. The first-order chi connectivity index (χ1) is 8.85. The lowest BCUT2D eigenvalue weighted by atomic mass is 10.0. The van der Waals surface area contributed by atoms with Crippen LogP contribution in [0.4, 0.5) is 0 Å². The normalized spacial score (nSPS) is 23.2. The third-order valence-corrected chi connectivity index (χ3v) is 4.99. The smallest absolute Gasteiger partial charge is 0.322 e. The molecule has 19 heavy (non-hydrogen) atoms. The fraction of sp³-hybridized carbons (Fsp3) is 0.917. The van der Waals surface area contributed by atoms with Gasteiger partial charge in [-0.3, -0.25) is 4.79 Å². The molecular formula is C12H23NO5S. The highest BCUT2D eigenvalue weighted by Crippen LogP contribution is 2.17. The first-order valence-corrected chi connectivity index (χ1v) is 8.31. The van der Waals surface area contributed by atoms with Crippen LogP contribution in [0.1, 0.15) is 33.1 Å². The van der Waals surface area contributed by atoms with Crippen molar-refractivity contribution >= 4 is 16.0 Å². The fourth-order valence-corrected chi connectivity index (χ4v) is 3.51. The van der Waals surface area contributed by atoms with Crippen LogP contribution in [0.25, 0.3) is 0 Å². The highest BCUT2D eigenvalue weighted by atomic mass is 32.2. The van der Waals surface area contributed by atoms with Crippen molar-refractivity contribution in [3.63, 3.8) is 0 Å². The Morgan fingerprint density at radius 2 is 2.21 bits per heavy atom. The molecule has 1 aliphatic rings. The van der Waals surface area contributed by atoms with Crippen LogP contribution in [0.3, 0.4) is 0 Å². The van der Waals surface area contributed by atoms with Crippen molar-refractivity contribution < 1.29 is 23.1 Å². The molecule has 3 atom stereocenters. The number of rotatable bonds is 8. The van der Waals surface area contributed by atoms with Crippen molar-refractivity contribution in [3.05, 3.63) is 0 Å². The van der Waals surface area contributed by atoms with Crippen molar-refractivity contribution in [2.75, 3.05) is 19.0 Å². The molecule has 1 aliphatic heterocycles. The molecule has 1 saturated heterocycles. The van der Waals surface area contributed by atoms with E-state index in [0.717, 1.165) is 6.42 Å². The number of aliphatic carboxylic acids is 1. The number of nitrogens with one attached hydrogen (secondary N) is 1. The van der Waals surface area contributed by atoms with Crippen LogP contribution in [0, 0.1) is 11.8 Å². The van der Waals surface area contributed by atoms with E-state index in [4.69, 9.17) is 9.84 Å². The Hall–Kier alpha value is -0.660. The predicted molar refractivity (Wildman–Crippen MR) is 71.3 cm³/mol. The Morgan fingerprint density at radius 3 is 2.68 bits per heavy atom. The van der Waals surface area contributed by atoms with Gasteiger partial charge in [-0.1, -0.05) is 20.3 Å². The Morgan fingerprint density at radius 1 is 1.53 bits per heavy atom. The second-order valence-corrected chi connectivity index (χ2v) is 7.03. The molecule has 1 rings (SSSR count). The van der Waals surface area contributed by atoms with Gasteiger partial charge in [-0.05, 0) is 24.7 Å². The number of hydrogen-bond donors (Lipinski definition) is 2. The van der Waals surface area contributed by atoms with Gasteiger partial charge in [0.25, 0.3) is 0 Å². The first-order valence-electron chi connectivity index (χ1n) is 6.66. The molecule has 0 radical (unpaired) electrons. The molecule has 6 nitrogen and oxygen atoms in total. The van der Waals surface area contributed by atoms with Crippen LogP contribution in [-0.2, 0) is 19.6 Å². The average Bonchev–Trinajstić information content (AvgIpc) is 2.85. The second-order valence-electron chi connectivity index (χ2n) is 5.16. The zero-order valence-electron chi connectivity index (χ0n) is 11.5. The number of sulfonamides is 1. The molecule has 1 fully saturated rings. The van der Waals surface area contributed by atoms with Gasteiger partial charge in [-0.2, -0.15) is 0 Å². The minimum Gasteiger partial charge on any atom is -0.480 e. The highest BCUT2D eigenvalue weighted by molar-refractivity contribution is 7.89. The van der Waals surface area contributed by atoms with Crippen LogP contribution >= 0.6 is 0 Å². The molecule has 1 heterocycles. The molecule has 0 aromatic heterocycles. The lowest BCUT2D eigenvalue weighted by Gasteiger charge is -2.20. The van der Waals surface area contributed by atoms with Gasteiger partial charge in [0.2, 0.25) is 10.0 Å². The molecule has 0 aromatic rings. The Balaban J connectivity index is 2.53. The number of carbonyl (C=O) groups is 1. The van der Waals surface area contributed by atoms with Crippen molar-refractivity contribution in [1.82, 2.24) is 4.72 Å². The first kappa shape index (κ1) is 16.4. The van der Waals surface area contributed by atoms with E-state index in [-0.39, 0.29) is 17.6 Å². The summed E-state index contributed by atoms with van der Waals surface area (Å²) in [5, 5.41) is 9.07. The van der Waals surface area contributed by atoms with Gasteiger partial charge in [0.15, 0.2) is 0 Å². The van der Waals surface area contributed by atoms with Crippen LogP contribution in [-0.4, -0.2) is 44.5 Å². The molecular weight excluding hydrogens is 270 g/mol. The highest BCUT2D eigenvalue weighted by Gasteiger charge is 2.29. The number of carboxylic acids is 1. The molecule has 2 N–H and O–H groups in total. The standard InChI is InChI=1S/C12H23NO5S/c1-3-9(2)11(12(14)15)13-19(16,17)7-5-10-4-6-18-8-10/h9-11,13H,3-8H2,1-2H3,(H,14,15)/t9-,10?,11-/m0/s1. The maximum absolute atomic E-state index is 11.9. The van der Waals surface area contributed by atoms with Gasteiger partial charge in [0.1, 0.15) is 6.04 Å². The van der Waals surface area contributed by atoms with Crippen molar-refractivity contribution in [2.45, 2.75) is 39.2 Å². The van der Waals surface area contributed by atoms with E-state index >= 15 is 0 Å². The summed E-state index contributed by atoms with van der Waals surface area (Å²) in [6.45, 7) is 4.85. The van der Waals surface area contributed by atoms with Gasteiger partial charge in [-0.25, -0.2) is 13.1 Å². The van der Waals surface area contributed by atoms with Gasteiger partial charge in [0.05, 0.1) is 5.75 Å². The molecule has 0 aromatic carbocycles. The molecule has 1 unspecified atom stereocenters. The van der Waals surface area contributed by atoms with Gasteiger partial charge in [0, 0.05) is 13.2 Å². The van der Waals surface area contributed by atoms with E-state index in [1.807, 2.05) is 6.92 Å². The van der Waals surface area contributed by atoms with Crippen LogP contribution < -0.4 is 4.72 Å². The van der Waals surface area contributed by atoms with E-state index < -0.39 is 22.0 Å². The van der Waals surface area contributed by atoms with E-state index in [0.29, 0.717) is 26.1 Å². The minimum absolute atomic E-state index is 0.0404. The molecule has 112 valence electrons.